The van der Waals surface area contributed by atoms with Gasteiger partial charge in [-0.05, 0) is 37.8 Å². The predicted octanol–water partition coefficient (Wildman–Crippen LogP) is 1.85. The first kappa shape index (κ1) is 17.6. The minimum atomic E-state index is -3.34. The highest BCUT2D eigenvalue weighted by Gasteiger charge is 2.36. The van der Waals surface area contributed by atoms with Crippen molar-refractivity contribution in [1.82, 2.24) is 23.1 Å². The molecule has 2 aliphatic rings. The van der Waals surface area contributed by atoms with Gasteiger partial charge in [0.1, 0.15) is 5.82 Å². The predicted molar refractivity (Wildman–Crippen MR) is 98.8 cm³/mol. The number of hydrogen-bond acceptors (Lipinski definition) is 4. The Kier molecular flexibility index (Phi) is 5.06. The zero-order valence-corrected chi connectivity index (χ0v) is 15.7. The van der Waals surface area contributed by atoms with Gasteiger partial charge in [-0.2, -0.15) is 17.0 Å². The molecule has 4 rings (SSSR count). The van der Waals surface area contributed by atoms with E-state index < -0.39 is 10.2 Å². The lowest BCUT2D eigenvalue weighted by atomic mass is 9.99. The molecule has 0 amide bonds. The number of aromatic nitrogens is 3. The molecule has 2 fully saturated rings. The highest BCUT2D eigenvalue weighted by Crippen LogP contribution is 2.29. The quantitative estimate of drug-likeness (QED) is 0.800. The van der Waals surface area contributed by atoms with Crippen molar-refractivity contribution in [3.63, 3.8) is 0 Å². The number of imidazole rings is 1. The van der Waals surface area contributed by atoms with E-state index in [0.717, 1.165) is 37.2 Å². The van der Waals surface area contributed by atoms with Crippen LogP contribution < -0.4 is 0 Å². The molecule has 0 aromatic carbocycles. The highest BCUT2D eigenvalue weighted by atomic mass is 32.2. The lowest BCUT2D eigenvalue weighted by molar-refractivity contribution is 0.284. The lowest BCUT2D eigenvalue weighted by Crippen LogP contribution is -2.46. The molecular weight excluding hydrogens is 350 g/mol. The van der Waals surface area contributed by atoms with Crippen molar-refractivity contribution in [2.24, 2.45) is 0 Å². The minimum absolute atomic E-state index is 0.125. The van der Waals surface area contributed by atoms with Crippen molar-refractivity contribution in [3.05, 3.63) is 48.3 Å². The summed E-state index contributed by atoms with van der Waals surface area (Å²) in [5.74, 6) is 1.08. The van der Waals surface area contributed by atoms with Gasteiger partial charge in [-0.3, -0.25) is 4.98 Å². The number of piperidine rings is 1. The molecule has 2 aromatic heterocycles. The number of nitrogens with zero attached hydrogens (tertiary/aromatic N) is 5. The molecule has 0 unspecified atom stereocenters. The van der Waals surface area contributed by atoms with Crippen molar-refractivity contribution in [1.29, 1.82) is 0 Å². The van der Waals surface area contributed by atoms with Gasteiger partial charge >= 0.3 is 0 Å². The Balaban J connectivity index is 1.51. The van der Waals surface area contributed by atoms with E-state index in [9.17, 15) is 8.42 Å². The second-order valence-corrected chi connectivity index (χ2v) is 8.97. The van der Waals surface area contributed by atoms with Crippen LogP contribution >= 0.6 is 0 Å². The van der Waals surface area contributed by atoms with Crippen LogP contribution in [0.15, 0.2) is 36.8 Å². The lowest BCUT2D eigenvalue weighted by Gasteiger charge is -2.34. The van der Waals surface area contributed by atoms with Crippen molar-refractivity contribution < 1.29 is 8.42 Å². The Bertz CT molecular complexity index is 830. The molecule has 0 spiro atoms. The largest absolute Gasteiger partial charge is 0.329 e. The van der Waals surface area contributed by atoms with Gasteiger partial charge in [0.15, 0.2) is 0 Å². The molecule has 1 atom stereocenters. The highest BCUT2D eigenvalue weighted by molar-refractivity contribution is 7.86. The van der Waals surface area contributed by atoms with Gasteiger partial charge in [-0.15, -0.1) is 0 Å². The standard InChI is InChI=1S/C18H25N5O2S/c24-26(25,22-10-3-4-11-22)23-12-5-6-16(14-23)18-20-9-13-21(18)15-17-7-1-2-8-19-17/h1-2,7-9,13,16H,3-6,10-12,14-15H2/t16-/m1/s1. The monoisotopic (exact) mass is 375 g/mol. The van der Waals surface area contributed by atoms with E-state index in [4.69, 9.17) is 0 Å². The summed E-state index contributed by atoms with van der Waals surface area (Å²) in [6, 6.07) is 5.87. The van der Waals surface area contributed by atoms with Crippen LogP contribution in [0.25, 0.3) is 0 Å². The van der Waals surface area contributed by atoms with Gasteiger partial charge in [-0.1, -0.05) is 6.07 Å². The maximum atomic E-state index is 12.9. The van der Waals surface area contributed by atoms with Crippen molar-refractivity contribution >= 4 is 10.2 Å². The van der Waals surface area contributed by atoms with E-state index in [2.05, 4.69) is 14.5 Å². The van der Waals surface area contributed by atoms with Crippen LogP contribution in [-0.4, -0.2) is 57.7 Å². The molecule has 2 saturated heterocycles. The molecular formula is C18H25N5O2S. The first-order valence-electron chi connectivity index (χ1n) is 9.31. The van der Waals surface area contributed by atoms with Crippen LogP contribution in [0.5, 0.6) is 0 Å². The molecule has 0 N–H and O–H groups in total. The summed E-state index contributed by atoms with van der Waals surface area (Å²) < 4.78 is 31.2. The van der Waals surface area contributed by atoms with E-state index in [0.29, 0.717) is 32.7 Å². The second-order valence-electron chi connectivity index (χ2n) is 7.05. The van der Waals surface area contributed by atoms with Crippen molar-refractivity contribution in [3.8, 4) is 0 Å². The van der Waals surface area contributed by atoms with Crippen LogP contribution in [0.1, 0.15) is 43.1 Å². The maximum Gasteiger partial charge on any atom is 0.281 e. The average molecular weight is 375 g/mol. The van der Waals surface area contributed by atoms with E-state index in [1.54, 1.807) is 21.0 Å². The Morgan fingerprint density at radius 2 is 1.81 bits per heavy atom. The summed E-state index contributed by atoms with van der Waals surface area (Å²) in [7, 11) is -3.34. The molecule has 7 nitrogen and oxygen atoms in total. The van der Waals surface area contributed by atoms with Crippen LogP contribution in [0.2, 0.25) is 0 Å². The van der Waals surface area contributed by atoms with Crippen molar-refractivity contribution in [2.45, 2.75) is 38.1 Å². The molecule has 2 aliphatic heterocycles. The first-order chi connectivity index (χ1) is 12.6. The van der Waals surface area contributed by atoms with E-state index in [1.165, 1.54) is 0 Å². The summed E-state index contributed by atoms with van der Waals surface area (Å²) >= 11 is 0. The summed E-state index contributed by atoms with van der Waals surface area (Å²) in [6.07, 6.45) is 9.30. The number of pyridine rings is 1. The molecule has 140 valence electrons. The number of rotatable bonds is 5. The van der Waals surface area contributed by atoms with Gasteiger partial charge in [-0.25, -0.2) is 4.98 Å². The maximum absolute atomic E-state index is 12.9. The van der Waals surface area contributed by atoms with E-state index >= 15 is 0 Å². The van der Waals surface area contributed by atoms with Crippen molar-refractivity contribution in [2.75, 3.05) is 26.2 Å². The van der Waals surface area contributed by atoms with Crippen LogP contribution in [0.3, 0.4) is 0 Å². The van der Waals surface area contributed by atoms with Crippen LogP contribution in [-0.2, 0) is 16.8 Å². The molecule has 0 bridgehead atoms. The van der Waals surface area contributed by atoms with Gasteiger partial charge in [0.2, 0.25) is 0 Å². The zero-order chi connectivity index (χ0) is 18.0. The second kappa shape index (κ2) is 7.46. The third kappa shape index (κ3) is 3.54. The fraction of sp³-hybridized carbons (Fsp3) is 0.556. The topological polar surface area (TPSA) is 71.3 Å². The van der Waals surface area contributed by atoms with Crippen LogP contribution in [0.4, 0.5) is 0 Å². The first-order valence-corrected chi connectivity index (χ1v) is 10.7. The van der Waals surface area contributed by atoms with Gasteiger partial charge in [0.05, 0.1) is 12.2 Å². The van der Waals surface area contributed by atoms with E-state index in [-0.39, 0.29) is 5.92 Å². The average Bonchev–Trinajstić information content (AvgIpc) is 3.35. The molecule has 8 heteroatoms. The van der Waals surface area contributed by atoms with Crippen LogP contribution in [0, 0.1) is 0 Å². The van der Waals surface area contributed by atoms with Gasteiger partial charge < -0.3 is 4.57 Å². The Morgan fingerprint density at radius 3 is 2.58 bits per heavy atom. The third-order valence-electron chi connectivity index (χ3n) is 5.27. The molecule has 26 heavy (non-hydrogen) atoms. The fourth-order valence-corrected chi connectivity index (χ4v) is 5.70. The summed E-state index contributed by atoms with van der Waals surface area (Å²) in [6.45, 7) is 3.08. The molecule has 0 aliphatic carbocycles. The normalized spacial score (nSPS) is 22.7. The molecule has 0 radical (unpaired) electrons. The third-order valence-corrected chi connectivity index (χ3v) is 7.28. The Morgan fingerprint density at radius 1 is 1.00 bits per heavy atom. The SMILES string of the molecule is O=S(=O)(N1CCCC1)N1CCC[C@@H](c2nccn2Cc2ccccn2)C1. The Hall–Kier alpha value is -1.77. The summed E-state index contributed by atoms with van der Waals surface area (Å²) in [5.41, 5.74) is 0.976. The summed E-state index contributed by atoms with van der Waals surface area (Å²) in [4.78, 5) is 8.93. The molecule has 0 saturated carbocycles. The zero-order valence-electron chi connectivity index (χ0n) is 14.9. The Labute approximate surface area is 154 Å². The van der Waals surface area contributed by atoms with E-state index in [1.807, 2.05) is 24.4 Å². The number of hydrogen-bond donors (Lipinski definition) is 0. The smallest absolute Gasteiger partial charge is 0.281 e. The van der Waals surface area contributed by atoms with Gasteiger partial charge in [0.25, 0.3) is 10.2 Å². The van der Waals surface area contributed by atoms with Gasteiger partial charge in [0, 0.05) is 50.7 Å². The summed E-state index contributed by atoms with van der Waals surface area (Å²) in [5, 5.41) is 0. The molecule has 4 heterocycles. The fourth-order valence-electron chi connectivity index (χ4n) is 3.93. The minimum Gasteiger partial charge on any atom is -0.329 e. The molecule has 2 aromatic rings.